The fourth-order valence-corrected chi connectivity index (χ4v) is 3.23. The second kappa shape index (κ2) is 7.37. The van der Waals surface area contributed by atoms with Gasteiger partial charge in [-0.05, 0) is 29.0 Å². The Balaban J connectivity index is 1.64. The zero-order valence-corrected chi connectivity index (χ0v) is 15.1. The monoisotopic (exact) mass is 367 g/mol. The maximum atomic E-state index is 12.6. The van der Waals surface area contributed by atoms with E-state index >= 15 is 0 Å². The Kier molecular flexibility index (Phi) is 4.61. The zero-order valence-electron chi connectivity index (χ0n) is 15.1. The van der Waals surface area contributed by atoms with Gasteiger partial charge in [-0.2, -0.15) is 5.10 Å². The summed E-state index contributed by atoms with van der Waals surface area (Å²) in [6.07, 6.45) is 5.35. The molecule has 5 nitrogen and oxygen atoms in total. The van der Waals surface area contributed by atoms with Gasteiger partial charge in [-0.3, -0.25) is 9.59 Å². The standard InChI is InChI=1S/C23H17N3O2/c1-2-13-26-23(28)20-10-6-5-9-19(20)21(25-26)15-24-22(27)18-12-11-16-7-3-4-8-17(16)14-18/h1,3-12,14H,13,15H2,(H,24,27). The molecule has 0 aliphatic heterocycles. The summed E-state index contributed by atoms with van der Waals surface area (Å²) in [5.41, 5.74) is 0.928. The maximum absolute atomic E-state index is 12.6. The summed E-state index contributed by atoms with van der Waals surface area (Å²) in [5.74, 6) is 2.24. The minimum atomic E-state index is -0.238. The summed E-state index contributed by atoms with van der Waals surface area (Å²) in [6.45, 7) is 0.270. The van der Waals surface area contributed by atoms with Gasteiger partial charge in [0.05, 0.1) is 17.6 Å². The molecular formula is C23H17N3O2. The first-order chi connectivity index (χ1) is 13.7. The van der Waals surface area contributed by atoms with Crippen LogP contribution >= 0.6 is 0 Å². The maximum Gasteiger partial charge on any atom is 0.275 e. The quantitative estimate of drug-likeness (QED) is 0.564. The van der Waals surface area contributed by atoms with Gasteiger partial charge in [0.2, 0.25) is 0 Å². The van der Waals surface area contributed by atoms with Crippen molar-refractivity contribution in [1.82, 2.24) is 15.1 Å². The number of amides is 1. The van der Waals surface area contributed by atoms with Gasteiger partial charge in [0.15, 0.2) is 0 Å². The molecule has 0 atom stereocenters. The molecule has 0 aliphatic rings. The van der Waals surface area contributed by atoms with Crippen molar-refractivity contribution in [3.05, 3.63) is 88.3 Å². The van der Waals surface area contributed by atoms with Crippen LogP contribution in [0.25, 0.3) is 21.5 Å². The van der Waals surface area contributed by atoms with Gasteiger partial charge in [-0.25, -0.2) is 4.68 Å². The van der Waals surface area contributed by atoms with E-state index in [1.807, 2.05) is 48.5 Å². The van der Waals surface area contributed by atoms with Crippen molar-refractivity contribution >= 4 is 27.5 Å². The van der Waals surface area contributed by atoms with Gasteiger partial charge in [0.25, 0.3) is 11.5 Å². The van der Waals surface area contributed by atoms with E-state index < -0.39 is 0 Å². The van der Waals surface area contributed by atoms with Crippen LogP contribution in [0, 0.1) is 12.3 Å². The molecule has 0 saturated heterocycles. The lowest BCUT2D eigenvalue weighted by atomic mass is 10.1. The molecule has 3 aromatic carbocycles. The number of aromatic nitrogens is 2. The molecule has 4 aromatic rings. The molecule has 5 heteroatoms. The van der Waals surface area contributed by atoms with E-state index in [2.05, 4.69) is 16.3 Å². The fourth-order valence-electron chi connectivity index (χ4n) is 3.23. The highest BCUT2D eigenvalue weighted by molar-refractivity contribution is 5.98. The first-order valence-electron chi connectivity index (χ1n) is 8.86. The Hall–Kier alpha value is -3.91. The number of nitrogens with one attached hydrogen (secondary N) is 1. The lowest BCUT2D eigenvalue weighted by molar-refractivity contribution is 0.0950. The van der Waals surface area contributed by atoms with Crippen LogP contribution in [0.1, 0.15) is 16.1 Å². The van der Waals surface area contributed by atoms with E-state index in [0.717, 1.165) is 10.8 Å². The third kappa shape index (κ3) is 3.24. The van der Waals surface area contributed by atoms with Crippen LogP contribution in [0.3, 0.4) is 0 Å². The van der Waals surface area contributed by atoms with E-state index in [1.54, 1.807) is 18.2 Å². The Morgan fingerprint density at radius 2 is 1.71 bits per heavy atom. The van der Waals surface area contributed by atoms with Gasteiger partial charge in [0, 0.05) is 10.9 Å². The van der Waals surface area contributed by atoms with Crippen molar-refractivity contribution in [2.75, 3.05) is 0 Å². The molecule has 0 fully saturated rings. The largest absolute Gasteiger partial charge is 0.346 e. The lowest BCUT2D eigenvalue weighted by Gasteiger charge is -2.11. The Morgan fingerprint density at radius 1 is 1.00 bits per heavy atom. The van der Waals surface area contributed by atoms with Gasteiger partial charge >= 0.3 is 0 Å². The molecule has 136 valence electrons. The lowest BCUT2D eigenvalue weighted by Crippen LogP contribution is -2.28. The molecular weight excluding hydrogens is 350 g/mol. The average molecular weight is 367 g/mol. The van der Waals surface area contributed by atoms with Crippen LogP contribution in [0.2, 0.25) is 0 Å². The van der Waals surface area contributed by atoms with Crippen molar-refractivity contribution in [2.24, 2.45) is 0 Å². The number of fused-ring (bicyclic) bond motifs is 2. The number of terminal acetylenes is 1. The number of benzene rings is 3. The van der Waals surface area contributed by atoms with Gasteiger partial charge in [-0.1, -0.05) is 54.5 Å². The number of nitrogens with zero attached hydrogens (tertiary/aromatic N) is 2. The van der Waals surface area contributed by atoms with Crippen LogP contribution < -0.4 is 10.9 Å². The molecule has 1 heterocycles. The third-order valence-electron chi connectivity index (χ3n) is 4.61. The van der Waals surface area contributed by atoms with Crippen LogP contribution in [0.4, 0.5) is 0 Å². The number of carbonyl (C=O) groups is 1. The summed E-state index contributed by atoms with van der Waals surface area (Å²) in [4.78, 5) is 25.1. The van der Waals surface area contributed by atoms with Crippen LogP contribution in [-0.4, -0.2) is 15.7 Å². The molecule has 0 bridgehead atoms. The normalized spacial score (nSPS) is 10.7. The third-order valence-corrected chi connectivity index (χ3v) is 4.61. The Bertz CT molecular complexity index is 1300. The first kappa shape index (κ1) is 17.5. The molecule has 1 aromatic heterocycles. The smallest absolute Gasteiger partial charge is 0.275 e. The van der Waals surface area contributed by atoms with Crippen LogP contribution in [0.5, 0.6) is 0 Å². The van der Waals surface area contributed by atoms with Gasteiger partial charge < -0.3 is 5.32 Å². The summed E-state index contributed by atoms with van der Waals surface area (Å²) in [5, 5.41) is 10.6. The second-order valence-electron chi connectivity index (χ2n) is 6.40. The predicted molar refractivity (Wildman–Crippen MR) is 110 cm³/mol. The van der Waals surface area contributed by atoms with Crippen molar-refractivity contribution in [3.8, 4) is 12.3 Å². The molecule has 0 saturated carbocycles. The second-order valence-corrected chi connectivity index (χ2v) is 6.40. The summed E-state index contributed by atoms with van der Waals surface area (Å²) < 4.78 is 1.25. The van der Waals surface area contributed by atoms with E-state index in [4.69, 9.17) is 6.42 Å². The zero-order chi connectivity index (χ0) is 19.5. The fraction of sp³-hybridized carbons (Fsp3) is 0.0870. The molecule has 0 spiro atoms. The topological polar surface area (TPSA) is 64.0 Å². The highest BCUT2D eigenvalue weighted by Crippen LogP contribution is 2.16. The SMILES string of the molecule is C#CCn1nc(CNC(=O)c2ccc3ccccc3c2)c2ccccc2c1=O. The highest BCUT2D eigenvalue weighted by atomic mass is 16.1. The number of hydrogen-bond acceptors (Lipinski definition) is 3. The van der Waals surface area contributed by atoms with Crippen molar-refractivity contribution < 1.29 is 4.79 Å². The van der Waals surface area contributed by atoms with Crippen molar-refractivity contribution in [3.63, 3.8) is 0 Å². The van der Waals surface area contributed by atoms with E-state index in [1.165, 1.54) is 4.68 Å². The number of rotatable bonds is 4. The summed E-state index contributed by atoms with van der Waals surface area (Å²) in [7, 11) is 0. The van der Waals surface area contributed by atoms with Crippen molar-refractivity contribution in [2.45, 2.75) is 13.1 Å². The van der Waals surface area contributed by atoms with E-state index in [9.17, 15) is 9.59 Å². The molecule has 0 radical (unpaired) electrons. The average Bonchev–Trinajstić information content (AvgIpc) is 2.74. The molecule has 1 amide bonds. The van der Waals surface area contributed by atoms with Gasteiger partial charge in [0.1, 0.15) is 6.54 Å². The Morgan fingerprint density at radius 3 is 2.50 bits per heavy atom. The Labute approximate surface area is 161 Å². The summed E-state index contributed by atoms with van der Waals surface area (Å²) >= 11 is 0. The molecule has 0 unspecified atom stereocenters. The summed E-state index contributed by atoms with van der Waals surface area (Å²) in [6, 6.07) is 20.6. The molecule has 28 heavy (non-hydrogen) atoms. The van der Waals surface area contributed by atoms with Crippen molar-refractivity contribution in [1.29, 1.82) is 0 Å². The number of carbonyl (C=O) groups excluding carboxylic acids is 1. The predicted octanol–water partition coefficient (Wildman–Crippen LogP) is 3.11. The van der Waals surface area contributed by atoms with E-state index in [-0.39, 0.29) is 24.6 Å². The molecule has 4 rings (SSSR count). The van der Waals surface area contributed by atoms with E-state index in [0.29, 0.717) is 22.0 Å². The minimum absolute atomic E-state index is 0.0787. The van der Waals surface area contributed by atoms with Gasteiger partial charge in [-0.15, -0.1) is 6.42 Å². The minimum Gasteiger partial charge on any atom is -0.346 e. The first-order valence-corrected chi connectivity index (χ1v) is 8.86. The highest BCUT2D eigenvalue weighted by Gasteiger charge is 2.12. The molecule has 1 N–H and O–H groups in total. The number of hydrogen-bond donors (Lipinski definition) is 1. The molecule has 0 aliphatic carbocycles. The van der Waals surface area contributed by atoms with Crippen LogP contribution in [0.15, 0.2) is 71.5 Å². The van der Waals surface area contributed by atoms with Crippen LogP contribution in [-0.2, 0) is 13.1 Å².